The van der Waals surface area contributed by atoms with E-state index in [-0.39, 0.29) is 29.9 Å². The maximum absolute atomic E-state index is 13.9. The summed E-state index contributed by atoms with van der Waals surface area (Å²) in [5.74, 6) is -0.321. The van der Waals surface area contributed by atoms with Gasteiger partial charge in [0.15, 0.2) is 6.10 Å². The van der Waals surface area contributed by atoms with Gasteiger partial charge in [-0.2, -0.15) is 4.31 Å². The molecule has 0 aromatic heterocycles. The van der Waals surface area contributed by atoms with E-state index in [0.717, 1.165) is 30.4 Å². The first kappa shape index (κ1) is 27.9. The highest BCUT2D eigenvalue weighted by Crippen LogP contribution is 2.34. The summed E-state index contributed by atoms with van der Waals surface area (Å²) in [6.45, 7) is 1.91. The fourth-order valence-corrected chi connectivity index (χ4v) is 6.98. The topological polar surface area (TPSA) is 96.0 Å². The highest BCUT2D eigenvalue weighted by molar-refractivity contribution is 7.89. The molecule has 1 saturated carbocycles. The maximum atomic E-state index is 13.9. The smallest absolute Gasteiger partial charge is 0.263 e. The maximum Gasteiger partial charge on any atom is 0.263 e. The normalized spacial score (nSPS) is 17.6. The van der Waals surface area contributed by atoms with Crippen LogP contribution in [-0.4, -0.2) is 49.8 Å². The monoisotopic (exact) mass is 561 g/mol. The van der Waals surface area contributed by atoms with Crippen LogP contribution in [0.4, 0.5) is 5.69 Å². The van der Waals surface area contributed by atoms with Gasteiger partial charge in [0, 0.05) is 12.6 Å². The molecule has 0 bridgehead atoms. The van der Waals surface area contributed by atoms with E-state index >= 15 is 0 Å². The second-order valence-corrected chi connectivity index (χ2v) is 12.3. The first-order valence-electron chi connectivity index (χ1n) is 13.8. The van der Waals surface area contributed by atoms with Crippen molar-refractivity contribution in [1.29, 1.82) is 0 Å². The summed E-state index contributed by atoms with van der Waals surface area (Å²) in [5, 5.41) is 2.89. The number of carbonyl (C=O) groups is 2. The van der Waals surface area contributed by atoms with Crippen LogP contribution in [0.1, 0.15) is 43.2 Å². The van der Waals surface area contributed by atoms with Gasteiger partial charge in [0.2, 0.25) is 15.9 Å². The Bertz CT molecular complexity index is 1440. The number of hydrogen-bond donors (Lipinski definition) is 1. The third kappa shape index (κ3) is 6.21. The first-order chi connectivity index (χ1) is 19.3. The standard InChI is InChI=1S/C31H35N3O5S/c1-23-16-18-26(19-17-23)40(37,38)34(25-12-6-3-7-13-25)22-30(35)33-21-29(39-28-15-9-8-14-27(28)33)31(36)32-20-24-10-4-2-5-11-24/h2,4-5,8-11,14-19,25,29H,3,6-7,12-13,20-22H2,1H3,(H,32,36). The summed E-state index contributed by atoms with van der Waals surface area (Å²) in [5.41, 5.74) is 2.43. The van der Waals surface area contributed by atoms with Crippen LogP contribution in [0.2, 0.25) is 0 Å². The van der Waals surface area contributed by atoms with E-state index in [9.17, 15) is 18.0 Å². The molecule has 8 nitrogen and oxygen atoms in total. The summed E-state index contributed by atoms with van der Waals surface area (Å²) in [6, 6.07) is 23.1. The Morgan fingerprint density at radius 1 is 0.925 bits per heavy atom. The van der Waals surface area contributed by atoms with Crippen LogP contribution in [-0.2, 0) is 26.2 Å². The highest BCUT2D eigenvalue weighted by Gasteiger charge is 2.38. The van der Waals surface area contributed by atoms with Gasteiger partial charge in [-0.1, -0.05) is 79.4 Å². The van der Waals surface area contributed by atoms with Crippen molar-refractivity contribution >= 4 is 27.5 Å². The van der Waals surface area contributed by atoms with Crippen LogP contribution in [0.3, 0.4) is 0 Å². The Labute approximate surface area is 236 Å². The average Bonchev–Trinajstić information content (AvgIpc) is 2.99. The van der Waals surface area contributed by atoms with Gasteiger partial charge >= 0.3 is 0 Å². The minimum Gasteiger partial charge on any atom is -0.477 e. The Kier molecular flexibility index (Phi) is 8.52. The number of hydrogen-bond acceptors (Lipinski definition) is 5. The van der Waals surface area contributed by atoms with Crippen molar-refractivity contribution in [2.45, 2.75) is 62.6 Å². The summed E-state index contributed by atoms with van der Waals surface area (Å²) < 4.78 is 35.1. The Hall–Kier alpha value is -3.69. The number of rotatable bonds is 8. The molecule has 1 unspecified atom stereocenters. The summed E-state index contributed by atoms with van der Waals surface area (Å²) in [6.07, 6.45) is 3.38. The summed E-state index contributed by atoms with van der Waals surface area (Å²) in [7, 11) is -3.92. The minimum atomic E-state index is -3.92. The van der Waals surface area contributed by atoms with Gasteiger partial charge in [0.05, 0.1) is 23.7 Å². The Morgan fingerprint density at radius 2 is 1.60 bits per heavy atom. The zero-order valence-corrected chi connectivity index (χ0v) is 23.5. The van der Waals surface area contributed by atoms with Crippen molar-refractivity contribution in [3.63, 3.8) is 0 Å². The Balaban J connectivity index is 1.39. The molecular weight excluding hydrogens is 526 g/mol. The van der Waals surface area contributed by atoms with E-state index in [2.05, 4.69) is 5.32 Å². The number of fused-ring (bicyclic) bond motifs is 1. The van der Waals surface area contributed by atoms with Gasteiger partial charge in [-0.15, -0.1) is 0 Å². The molecule has 210 valence electrons. The number of nitrogens with zero attached hydrogens (tertiary/aromatic N) is 2. The van der Waals surface area contributed by atoms with E-state index < -0.39 is 22.0 Å². The van der Waals surface area contributed by atoms with Crippen LogP contribution in [0.15, 0.2) is 83.8 Å². The third-order valence-electron chi connectivity index (χ3n) is 7.58. The Morgan fingerprint density at radius 3 is 2.33 bits per heavy atom. The predicted molar refractivity (Wildman–Crippen MR) is 153 cm³/mol. The lowest BCUT2D eigenvalue weighted by Crippen LogP contribution is -2.54. The lowest BCUT2D eigenvalue weighted by atomic mass is 9.95. The van der Waals surface area contributed by atoms with Crippen LogP contribution in [0.25, 0.3) is 0 Å². The number of para-hydroxylation sites is 2. The van der Waals surface area contributed by atoms with E-state index in [4.69, 9.17) is 4.74 Å². The number of ether oxygens (including phenoxy) is 1. The number of carbonyl (C=O) groups excluding carboxylic acids is 2. The fraction of sp³-hybridized carbons (Fsp3) is 0.355. The van der Waals surface area contributed by atoms with E-state index in [1.807, 2.05) is 37.3 Å². The molecule has 40 heavy (non-hydrogen) atoms. The van der Waals surface area contributed by atoms with Crippen LogP contribution in [0.5, 0.6) is 5.75 Å². The second-order valence-electron chi connectivity index (χ2n) is 10.4. The predicted octanol–water partition coefficient (Wildman–Crippen LogP) is 4.43. The zero-order chi connectivity index (χ0) is 28.1. The fourth-order valence-electron chi connectivity index (χ4n) is 5.35. The van der Waals surface area contributed by atoms with Crippen LogP contribution < -0.4 is 15.0 Å². The zero-order valence-electron chi connectivity index (χ0n) is 22.7. The number of benzene rings is 3. The molecule has 1 atom stereocenters. The minimum absolute atomic E-state index is 0.0143. The van der Waals surface area contributed by atoms with Gasteiger partial charge < -0.3 is 15.0 Å². The molecule has 1 aliphatic heterocycles. The van der Waals surface area contributed by atoms with Crippen molar-refractivity contribution in [2.24, 2.45) is 0 Å². The molecule has 3 aromatic carbocycles. The second kappa shape index (κ2) is 12.2. The van der Waals surface area contributed by atoms with Crippen molar-refractivity contribution in [1.82, 2.24) is 9.62 Å². The van der Waals surface area contributed by atoms with Crippen molar-refractivity contribution in [2.75, 3.05) is 18.0 Å². The van der Waals surface area contributed by atoms with Crippen LogP contribution >= 0.6 is 0 Å². The number of sulfonamides is 1. The molecule has 1 N–H and O–H groups in total. The largest absolute Gasteiger partial charge is 0.477 e. The molecule has 1 aliphatic carbocycles. The molecular formula is C31H35N3O5S. The lowest BCUT2D eigenvalue weighted by molar-refractivity contribution is -0.128. The molecule has 1 fully saturated rings. The number of aryl methyl sites for hydroxylation is 1. The summed E-state index contributed by atoms with van der Waals surface area (Å²) >= 11 is 0. The first-order valence-corrected chi connectivity index (χ1v) is 15.2. The molecule has 2 amide bonds. The molecule has 2 aliphatic rings. The van der Waals surface area contributed by atoms with Crippen LogP contribution in [0, 0.1) is 6.92 Å². The molecule has 3 aromatic rings. The number of amides is 2. The van der Waals surface area contributed by atoms with Gasteiger partial charge in [-0.3, -0.25) is 9.59 Å². The SMILES string of the molecule is Cc1ccc(S(=O)(=O)N(CC(=O)N2CC(C(=O)NCc3ccccc3)Oc3ccccc32)C2CCCCC2)cc1. The highest BCUT2D eigenvalue weighted by atomic mass is 32.2. The molecule has 0 saturated heterocycles. The van der Waals surface area contributed by atoms with Crippen molar-refractivity contribution < 1.29 is 22.7 Å². The number of anilines is 1. The van der Waals surface area contributed by atoms with E-state index in [1.54, 1.807) is 48.5 Å². The number of nitrogens with one attached hydrogen (secondary N) is 1. The van der Waals surface area contributed by atoms with Gasteiger partial charge in [0.25, 0.3) is 5.91 Å². The molecule has 9 heteroatoms. The lowest BCUT2D eigenvalue weighted by Gasteiger charge is -2.37. The van der Waals surface area contributed by atoms with Crippen molar-refractivity contribution in [3.05, 3.63) is 90.0 Å². The van der Waals surface area contributed by atoms with E-state index in [1.165, 1.54) is 9.21 Å². The average molecular weight is 562 g/mol. The third-order valence-corrected chi connectivity index (χ3v) is 9.49. The van der Waals surface area contributed by atoms with Gasteiger partial charge in [0.1, 0.15) is 5.75 Å². The quantitative estimate of drug-likeness (QED) is 0.439. The van der Waals surface area contributed by atoms with E-state index in [0.29, 0.717) is 30.8 Å². The summed E-state index contributed by atoms with van der Waals surface area (Å²) in [4.78, 5) is 28.7. The van der Waals surface area contributed by atoms with Gasteiger partial charge in [-0.25, -0.2) is 8.42 Å². The molecule has 0 spiro atoms. The molecule has 0 radical (unpaired) electrons. The molecule has 5 rings (SSSR count). The van der Waals surface area contributed by atoms with Crippen molar-refractivity contribution in [3.8, 4) is 5.75 Å². The van der Waals surface area contributed by atoms with Gasteiger partial charge in [-0.05, 0) is 49.6 Å². The molecule has 1 heterocycles.